The molecule has 0 fully saturated rings. The van der Waals surface area contributed by atoms with E-state index in [1.807, 2.05) is 25.1 Å². The predicted octanol–water partition coefficient (Wildman–Crippen LogP) is 3.64. The maximum atomic E-state index is 12.0. The Bertz CT molecular complexity index is 564. The summed E-state index contributed by atoms with van der Waals surface area (Å²) in [6, 6.07) is 7.45. The van der Waals surface area contributed by atoms with Crippen LogP contribution in [0.4, 0.5) is 0 Å². The summed E-state index contributed by atoms with van der Waals surface area (Å²) in [5.74, 6) is -0.127. The van der Waals surface area contributed by atoms with Crippen molar-refractivity contribution in [3.63, 3.8) is 0 Å². The molecule has 0 amide bonds. The number of carbonyl (C=O) groups excluding carboxylic acids is 1. The Morgan fingerprint density at radius 3 is 2.47 bits per heavy atom. The molecule has 0 radical (unpaired) electrons. The lowest BCUT2D eigenvalue weighted by Gasteiger charge is -2.22. The third kappa shape index (κ3) is 1.66. The molecule has 1 aliphatic rings. The second-order valence-electron chi connectivity index (χ2n) is 4.24. The first-order chi connectivity index (χ1) is 8.07. The molecule has 0 aromatic heterocycles. The molecule has 0 bridgehead atoms. The van der Waals surface area contributed by atoms with Gasteiger partial charge in [-0.15, -0.1) is 0 Å². The van der Waals surface area contributed by atoms with Crippen LogP contribution in [0.15, 0.2) is 42.0 Å². The fourth-order valence-electron chi connectivity index (χ4n) is 2.08. The molecule has 0 aliphatic heterocycles. The van der Waals surface area contributed by atoms with Gasteiger partial charge in [0.15, 0.2) is 5.78 Å². The number of fused-ring (bicyclic) bond motifs is 1. The monoisotopic (exact) mass is 225 g/mol. The SMILES string of the molecule is C=C1C(=N)/C(=C(/C)CC)c2ccccc2C1=O. The Morgan fingerprint density at radius 1 is 1.29 bits per heavy atom. The van der Waals surface area contributed by atoms with Crippen molar-refractivity contribution in [2.75, 3.05) is 0 Å². The van der Waals surface area contributed by atoms with Crippen LogP contribution in [0, 0.1) is 5.41 Å². The van der Waals surface area contributed by atoms with E-state index in [-0.39, 0.29) is 11.5 Å². The van der Waals surface area contributed by atoms with Crippen molar-refractivity contribution in [1.82, 2.24) is 0 Å². The van der Waals surface area contributed by atoms with Gasteiger partial charge in [0.2, 0.25) is 0 Å². The fraction of sp³-hybridized carbons (Fsp3) is 0.200. The van der Waals surface area contributed by atoms with Crippen molar-refractivity contribution in [1.29, 1.82) is 5.41 Å². The van der Waals surface area contributed by atoms with Crippen molar-refractivity contribution in [3.05, 3.63) is 53.1 Å². The third-order valence-corrected chi connectivity index (χ3v) is 3.22. The van der Waals surface area contributed by atoms with Gasteiger partial charge in [-0.05, 0) is 18.9 Å². The number of Topliss-reactive ketones (excluding diaryl/α,β-unsaturated/α-hetero) is 1. The van der Waals surface area contributed by atoms with E-state index in [1.165, 1.54) is 0 Å². The zero-order valence-corrected chi connectivity index (χ0v) is 10.1. The summed E-state index contributed by atoms with van der Waals surface area (Å²) in [7, 11) is 0. The average Bonchev–Trinajstić information content (AvgIpc) is 2.36. The smallest absolute Gasteiger partial charge is 0.195 e. The van der Waals surface area contributed by atoms with Crippen molar-refractivity contribution in [3.8, 4) is 0 Å². The minimum absolute atomic E-state index is 0.127. The van der Waals surface area contributed by atoms with Crippen LogP contribution in [0.2, 0.25) is 0 Å². The van der Waals surface area contributed by atoms with Gasteiger partial charge in [-0.25, -0.2) is 0 Å². The van der Waals surface area contributed by atoms with Crippen molar-refractivity contribution in [2.45, 2.75) is 20.3 Å². The zero-order chi connectivity index (χ0) is 12.6. The zero-order valence-electron chi connectivity index (χ0n) is 10.1. The van der Waals surface area contributed by atoms with E-state index in [9.17, 15) is 4.79 Å². The Kier molecular flexibility index (Phi) is 2.80. The highest BCUT2D eigenvalue weighted by Gasteiger charge is 2.29. The Balaban J connectivity index is 2.79. The summed E-state index contributed by atoms with van der Waals surface area (Å²) < 4.78 is 0. The number of allylic oxidation sites excluding steroid dienone is 3. The van der Waals surface area contributed by atoms with E-state index < -0.39 is 0 Å². The number of benzene rings is 1. The van der Waals surface area contributed by atoms with Gasteiger partial charge in [-0.2, -0.15) is 0 Å². The highest BCUT2D eigenvalue weighted by Crippen LogP contribution is 2.33. The van der Waals surface area contributed by atoms with Crippen LogP contribution in [0.3, 0.4) is 0 Å². The van der Waals surface area contributed by atoms with E-state index in [0.29, 0.717) is 11.1 Å². The molecule has 2 heteroatoms. The highest BCUT2D eigenvalue weighted by molar-refractivity contribution is 6.46. The molecular weight excluding hydrogens is 210 g/mol. The summed E-state index contributed by atoms with van der Waals surface area (Å²) in [5.41, 5.74) is 4.09. The Morgan fingerprint density at radius 2 is 1.88 bits per heavy atom. The van der Waals surface area contributed by atoms with Gasteiger partial charge in [0.25, 0.3) is 0 Å². The molecule has 0 spiro atoms. The van der Waals surface area contributed by atoms with Crippen LogP contribution in [-0.2, 0) is 0 Å². The topological polar surface area (TPSA) is 40.9 Å². The van der Waals surface area contributed by atoms with Gasteiger partial charge in [0.1, 0.15) is 0 Å². The molecule has 1 aromatic rings. The standard InChI is InChI=1S/C15H15NO/c1-4-9(2)13-11-7-5-6-8-12(11)15(17)10(3)14(13)16/h5-8,16H,3-4H2,1-2H3/b13-9-,16-14?. The number of hydrogen-bond acceptors (Lipinski definition) is 2. The summed E-state index contributed by atoms with van der Waals surface area (Å²) in [4.78, 5) is 12.0. The Labute approximate surface area is 101 Å². The molecule has 0 heterocycles. The molecule has 0 saturated heterocycles. The second kappa shape index (κ2) is 4.13. The summed E-state index contributed by atoms with van der Waals surface area (Å²) >= 11 is 0. The largest absolute Gasteiger partial charge is 0.299 e. The molecule has 0 unspecified atom stereocenters. The van der Waals surface area contributed by atoms with Crippen LogP contribution >= 0.6 is 0 Å². The molecule has 17 heavy (non-hydrogen) atoms. The number of ketones is 1. The molecule has 2 rings (SSSR count). The van der Waals surface area contributed by atoms with Crippen LogP contribution in [0.5, 0.6) is 0 Å². The number of carbonyl (C=O) groups is 1. The van der Waals surface area contributed by atoms with E-state index in [4.69, 9.17) is 5.41 Å². The third-order valence-electron chi connectivity index (χ3n) is 3.22. The van der Waals surface area contributed by atoms with Crippen LogP contribution in [0.25, 0.3) is 5.57 Å². The minimum Gasteiger partial charge on any atom is -0.299 e. The lowest BCUT2D eigenvalue weighted by Crippen LogP contribution is -2.22. The molecule has 86 valence electrons. The van der Waals surface area contributed by atoms with Crippen molar-refractivity contribution >= 4 is 17.1 Å². The fourth-order valence-corrected chi connectivity index (χ4v) is 2.08. The van der Waals surface area contributed by atoms with Gasteiger partial charge < -0.3 is 0 Å². The number of rotatable bonds is 1. The van der Waals surface area contributed by atoms with E-state index in [2.05, 4.69) is 13.5 Å². The highest BCUT2D eigenvalue weighted by atomic mass is 16.1. The van der Waals surface area contributed by atoms with Crippen molar-refractivity contribution < 1.29 is 4.79 Å². The first-order valence-electron chi connectivity index (χ1n) is 5.70. The lowest BCUT2D eigenvalue weighted by atomic mass is 9.80. The first kappa shape index (κ1) is 11.5. The maximum Gasteiger partial charge on any atom is 0.195 e. The average molecular weight is 225 g/mol. The molecule has 1 aliphatic carbocycles. The van der Waals surface area contributed by atoms with Crippen molar-refractivity contribution in [2.24, 2.45) is 0 Å². The predicted molar refractivity (Wildman–Crippen MR) is 70.5 cm³/mol. The molecule has 0 atom stereocenters. The summed E-state index contributed by atoms with van der Waals surface area (Å²) in [6.45, 7) is 7.79. The number of hydrogen-bond donors (Lipinski definition) is 1. The molecular formula is C15H15NO. The van der Waals surface area contributed by atoms with E-state index in [0.717, 1.165) is 23.1 Å². The van der Waals surface area contributed by atoms with Gasteiger partial charge in [-0.1, -0.05) is 43.3 Å². The first-order valence-corrected chi connectivity index (χ1v) is 5.70. The van der Waals surface area contributed by atoms with Gasteiger partial charge in [-0.3, -0.25) is 10.2 Å². The molecule has 0 saturated carbocycles. The normalized spacial score (nSPS) is 18.1. The molecule has 2 nitrogen and oxygen atoms in total. The molecule has 1 N–H and O–H groups in total. The van der Waals surface area contributed by atoms with E-state index >= 15 is 0 Å². The summed E-state index contributed by atoms with van der Waals surface area (Å²) in [6.07, 6.45) is 0.869. The second-order valence-corrected chi connectivity index (χ2v) is 4.24. The maximum absolute atomic E-state index is 12.0. The van der Waals surface area contributed by atoms with Gasteiger partial charge >= 0.3 is 0 Å². The molecule has 1 aromatic carbocycles. The van der Waals surface area contributed by atoms with Gasteiger partial charge in [0, 0.05) is 16.7 Å². The summed E-state index contributed by atoms with van der Waals surface area (Å²) in [5, 5.41) is 8.07. The van der Waals surface area contributed by atoms with Crippen LogP contribution in [0.1, 0.15) is 36.2 Å². The quantitative estimate of drug-likeness (QED) is 0.728. The van der Waals surface area contributed by atoms with Crippen LogP contribution < -0.4 is 0 Å². The van der Waals surface area contributed by atoms with Crippen LogP contribution in [-0.4, -0.2) is 11.5 Å². The Hall–Kier alpha value is -1.96. The lowest BCUT2D eigenvalue weighted by molar-refractivity contribution is 0.104. The van der Waals surface area contributed by atoms with E-state index in [1.54, 1.807) is 6.07 Å². The van der Waals surface area contributed by atoms with Gasteiger partial charge in [0.05, 0.1) is 5.71 Å². The number of nitrogens with one attached hydrogen (secondary N) is 1. The minimum atomic E-state index is -0.127.